The monoisotopic (exact) mass is 398 g/mol. The Morgan fingerprint density at radius 1 is 1.21 bits per heavy atom. The second-order valence-corrected chi connectivity index (χ2v) is 5.73. The van der Waals surface area contributed by atoms with E-state index in [1.165, 1.54) is 32.2 Å². The lowest BCUT2D eigenvalue weighted by Crippen LogP contribution is -2.17. The fourth-order valence-electron chi connectivity index (χ4n) is 2.44. The van der Waals surface area contributed by atoms with E-state index in [4.69, 9.17) is 9.47 Å². The lowest BCUT2D eigenvalue weighted by atomic mass is 10.1. The number of halogens is 3. The highest BCUT2D eigenvalue weighted by Gasteiger charge is 2.32. The molecule has 150 valence electrons. The maximum Gasteiger partial charge on any atom is 0.416 e. The topological polar surface area (TPSA) is 90.7 Å². The summed E-state index contributed by atoms with van der Waals surface area (Å²) < 4.78 is 49.2. The van der Waals surface area contributed by atoms with Crippen molar-refractivity contribution in [2.75, 3.05) is 25.6 Å². The predicted octanol–water partition coefficient (Wildman–Crippen LogP) is 4.20. The van der Waals surface area contributed by atoms with Crippen molar-refractivity contribution in [3.63, 3.8) is 0 Å². The van der Waals surface area contributed by atoms with Crippen molar-refractivity contribution in [2.24, 2.45) is 0 Å². The molecule has 2 aromatic carbocycles. The summed E-state index contributed by atoms with van der Waals surface area (Å²) in [6.07, 6.45) is -4.64. The van der Waals surface area contributed by atoms with Crippen LogP contribution in [0.3, 0.4) is 0 Å². The van der Waals surface area contributed by atoms with Crippen molar-refractivity contribution < 1.29 is 32.4 Å². The molecule has 0 saturated heterocycles. The van der Waals surface area contributed by atoms with Crippen LogP contribution >= 0.6 is 0 Å². The standard InChI is InChI=1S/C18H17F3N2O5/c1-11-4-3-5-13(16(11)23(25)26)17(24)22-14-10-12(18(19,20)21)6-7-15(14)28-9-8-27-2/h3-7,10H,8-9H2,1-2H3,(H,22,24). The maximum absolute atomic E-state index is 13.0. The smallest absolute Gasteiger partial charge is 0.416 e. The highest BCUT2D eigenvalue weighted by atomic mass is 19.4. The zero-order chi connectivity index (χ0) is 20.9. The Morgan fingerprint density at radius 3 is 2.54 bits per heavy atom. The Morgan fingerprint density at radius 2 is 1.93 bits per heavy atom. The number of hydrogen-bond donors (Lipinski definition) is 1. The Bertz CT molecular complexity index is 884. The van der Waals surface area contributed by atoms with Crippen molar-refractivity contribution in [1.82, 2.24) is 0 Å². The van der Waals surface area contributed by atoms with Gasteiger partial charge in [-0.05, 0) is 31.2 Å². The normalized spacial score (nSPS) is 11.2. The highest BCUT2D eigenvalue weighted by molar-refractivity contribution is 6.08. The Hall–Kier alpha value is -3.14. The number of nitro benzene ring substituents is 1. The zero-order valence-electron chi connectivity index (χ0n) is 15.0. The van der Waals surface area contributed by atoms with Crippen LogP contribution in [0.1, 0.15) is 21.5 Å². The van der Waals surface area contributed by atoms with Gasteiger partial charge < -0.3 is 14.8 Å². The highest BCUT2D eigenvalue weighted by Crippen LogP contribution is 2.35. The first-order valence-electron chi connectivity index (χ1n) is 8.03. The molecule has 0 aromatic heterocycles. The van der Waals surface area contributed by atoms with Crippen LogP contribution in [0.5, 0.6) is 5.75 Å². The van der Waals surface area contributed by atoms with E-state index in [0.717, 1.165) is 12.1 Å². The second kappa shape index (κ2) is 8.70. The van der Waals surface area contributed by atoms with Crippen LogP contribution < -0.4 is 10.1 Å². The molecule has 0 saturated carbocycles. The molecule has 0 unspecified atom stereocenters. The van der Waals surface area contributed by atoms with E-state index in [9.17, 15) is 28.1 Å². The third kappa shape index (κ3) is 4.97. The molecular weight excluding hydrogens is 381 g/mol. The molecule has 0 radical (unpaired) electrons. The van der Waals surface area contributed by atoms with Gasteiger partial charge in [-0.15, -0.1) is 0 Å². The number of nitrogens with zero attached hydrogens (tertiary/aromatic N) is 1. The van der Waals surface area contributed by atoms with Crippen LogP contribution in [0.25, 0.3) is 0 Å². The molecule has 1 N–H and O–H groups in total. The number of carbonyl (C=O) groups excluding carboxylic acids is 1. The summed E-state index contributed by atoms with van der Waals surface area (Å²) in [6.45, 7) is 1.67. The molecule has 0 heterocycles. The van der Waals surface area contributed by atoms with Crippen LogP contribution in [0.2, 0.25) is 0 Å². The summed E-state index contributed by atoms with van der Waals surface area (Å²) in [5, 5.41) is 13.5. The molecule has 0 aliphatic rings. The average Bonchev–Trinajstić information content (AvgIpc) is 2.61. The minimum Gasteiger partial charge on any atom is -0.489 e. The molecule has 0 aliphatic heterocycles. The molecule has 7 nitrogen and oxygen atoms in total. The fraction of sp³-hybridized carbons (Fsp3) is 0.278. The van der Waals surface area contributed by atoms with E-state index < -0.39 is 28.3 Å². The predicted molar refractivity (Wildman–Crippen MR) is 94.6 cm³/mol. The van der Waals surface area contributed by atoms with E-state index in [1.54, 1.807) is 0 Å². The van der Waals surface area contributed by atoms with E-state index in [-0.39, 0.29) is 35.8 Å². The average molecular weight is 398 g/mol. The first kappa shape index (κ1) is 21.2. The molecule has 0 atom stereocenters. The molecule has 0 aliphatic carbocycles. The van der Waals surface area contributed by atoms with Gasteiger partial charge in [-0.1, -0.05) is 12.1 Å². The molecule has 28 heavy (non-hydrogen) atoms. The summed E-state index contributed by atoms with van der Waals surface area (Å²) in [4.78, 5) is 23.1. The summed E-state index contributed by atoms with van der Waals surface area (Å²) in [7, 11) is 1.43. The molecule has 0 bridgehead atoms. The fourth-order valence-corrected chi connectivity index (χ4v) is 2.44. The number of aryl methyl sites for hydroxylation is 1. The van der Waals surface area contributed by atoms with Crippen molar-refractivity contribution in [1.29, 1.82) is 0 Å². The molecule has 0 spiro atoms. The van der Waals surface area contributed by atoms with Crippen LogP contribution in [0.4, 0.5) is 24.5 Å². The quantitative estimate of drug-likeness (QED) is 0.429. The SMILES string of the molecule is COCCOc1ccc(C(F)(F)F)cc1NC(=O)c1cccc(C)c1[N+](=O)[O-]. The van der Waals surface area contributed by atoms with Crippen molar-refractivity contribution in [3.8, 4) is 5.75 Å². The number of benzene rings is 2. The Labute approximate surface area is 158 Å². The lowest BCUT2D eigenvalue weighted by Gasteiger charge is -2.15. The van der Waals surface area contributed by atoms with Gasteiger partial charge in [0.2, 0.25) is 0 Å². The van der Waals surface area contributed by atoms with E-state index in [2.05, 4.69) is 5.32 Å². The van der Waals surface area contributed by atoms with Crippen LogP contribution in [0.15, 0.2) is 36.4 Å². The second-order valence-electron chi connectivity index (χ2n) is 5.73. The summed E-state index contributed by atoms with van der Waals surface area (Å²) in [6, 6.07) is 6.71. The van der Waals surface area contributed by atoms with Gasteiger partial charge in [-0.2, -0.15) is 13.2 Å². The Balaban J connectivity index is 2.41. The van der Waals surface area contributed by atoms with Gasteiger partial charge in [-0.3, -0.25) is 14.9 Å². The van der Waals surface area contributed by atoms with Gasteiger partial charge >= 0.3 is 6.18 Å². The van der Waals surface area contributed by atoms with E-state index in [0.29, 0.717) is 6.07 Å². The largest absolute Gasteiger partial charge is 0.489 e. The van der Waals surface area contributed by atoms with Crippen molar-refractivity contribution in [3.05, 3.63) is 63.2 Å². The maximum atomic E-state index is 13.0. The van der Waals surface area contributed by atoms with Gasteiger partial charge in [0.15, 0.2) is 0 Å². The molecule has 2 rings (SSSR count). The van der Waals surface area contributed by atoms with Crippen molar-refractivity contribution >= 4 is 17.3 Å². The molecule has 10 heteroatoms. The first-order valence-corrected chi connectivity index (χ1v) is 8.03. The van der Waals surface area contributed by atoms with Crippen molar-refractivity contribution in [2.45, 2.75) is 13.1 Å². The number of hydrogen-bond acceptors (Lipinski definition) is 5. The van der Waals surface area contributed by atoms with E-state index in [1.807, 2.05) is 0 Å². The Kier molecular flexibility index (Phi) is 6.57. The minimum absolute atomic E-state index is 0.0197. The summed E-state index contributed by atoms with van der Waals surface area (Å²) >= 11 is 0. The number of para-hydroxylation sites is 1. The number of anilines is 1. The number of amides is 1. The molecule has 1 amide bonds. The summed E-state index contributed by atoms with van der Waals surface area (Å²) in [5.41, 5.74) is -1.70. The third-order valence-corrected chi connectivity index (χ3v) is 3.77. The van der Waals surface area contributed by atoms with Crippen LogP contribution in [-0.4, -0.2) is 31.2 Å². The molecular formula is C18H17F3N2O5. The summed E-state index contributed by atoms with van der Waals surface area (Å²) in [5.74, 6) is -0.944. The van der Waals surface area contributed by atoms with Gasteiger partial charge in [0.25, 0.3) is 11.6 Å². The lowest BCUT2D eigenvalue weighted by molar-refractivity contribution is -0.385. The number of alkyl halides is 3. The molecule has 0 fully saturated rings. The molecule has 2 aromatic rings. The van der Waals surface area contributed by atoms with Gasteiger partial charge in [-0.25, -0.2) is 0 Å². The van der Waals surface area contributed by atoms with E-state index >= 15 is 0 Å². The number of rotatable bonds is 7. The number of ether oxygens (including phenoxy) is 2. The van der Waals surface area contributed by atoms with Gasteiger partial charge in [0, 0.05) is 12.7 Å². The first-order chi connectivity index (χ1) is 13.1. The van der Waals surface area contributed by atoms with Gasteiger partial charge in [0.1, 0.15) is 17.9 Å². The van der Waals surface area contributed by atoms with Crippen LogP contribution in [0, 0.1) is 17.0 Å². The zero-order valence-corrected chi connectivity index (χ0v) is 15.0. The van der Waals surface area contributed by atoms with Crippen LogP contribution in [-0.2, 0) is 10.9 Å². The number of carbonyl (C=O) groups is 1. The third-order valence-electron chi connectivity index (χ3n) is 3.77. The van der Waals surface area contributed by atoms with Gasteiger partial charge in [0.05, 0.1) is 22.8 Å². The number of nitro groups is 1. The minimum atomic E-state index is -4.64. The number of methoxy groups -OCH3 is 1. The number of nitrogens with one attached hydrogen (secondary N) is 1.